The summed E-state index contributed by atoms with van der Waals surface area (Å²) in [6.07, 6.45) is 2.89. The van der Waals surface area contributed by atoms with E-state index in [1.807, 2.05) is 12.3 Å². The number of aromatic nitrogens is 7. The Morgan fingerprint density at radius 2 is 2.16 bits per heavy atom. The van der Waals surface area contributed by atoms with Crippen molar-refractivity contribution in [2.24, 2.45) is 0 Å². The molecule has 0 bridgehead atoms. The lowest BCUT2D eigenvalue weighted by molar-refractivity contribution is 0.757. The first-order valence-corrected chi connectivity index (χ1v) is 7.15. The van der Waals surface area contributed by atoms with Crippen LogP contribution in [-0.4, -0.2) is 34.7 Å². The number of nitrogens with zero attached hydrogens (tertiary/aromatic N) is 7. The molecule has 0 saturated heterocycles. The number of aryl methyl sites for hydroxylation is 1. The Kier molecular flexibility index (Phi) is 3.40. The summed E-state index contributed by atoms with van der Waals surface area (Å²) < 4.78 is 2.27. The molecule has 19 heavy (non-hydrogen) atoms. The van der Waals surface area contributed by atoms with Gasteiger partial charge in [0.25, 0.3) is 5.95 Å². The van der Waals surface area contributed by atoms with E-state index < -0.39 is 0 Å². The average molecular weight is 312 g/mol. The molecule has 0 saturated carbocycles. The molecule has 0 radical (unpaired) electrons. The van der Waals surface area contributed by atoms with Crippen LogP contribution in [0.25, 0.3) is 5.95 Å². The maximum absolute atomic E-state index is 5.88. The summed E-state index contributed by atoms with van der Waals surface area (Å²) in [6.45, 7) is 1.93. The molecule has 0 fully saturated rings. The summed E-state index contributed by atoms with van der Waals surface area (Å²) in [5.41, 5.74) is 0.962. The van der Waals surface area contributed by atoms with Crippen molar-refractivity contribution in [3.63, 3.8) is 0 Å². The first-order valence-electron chi connectivity index (χ1n) is 5.07. The van der Waals surface area contributed by atoms with Crippen LogP contribution in [0.15, 0.2) is 27.5 Å². The van der Waals surface area contributed by atoms with Gasteiger partial charge in [-0.15, -0.1) is 11.3 Å². The van der Waals surface area contributed by atoms with Gasteiger partial charge in [-0.25, -0.2) is 9.97 Å². The van der Waals surface area contributed by atoms with Gasteiger partial charge in [-0.2, -0.15) is 24.7 Å². The molecular weight excluding hydrogens is 306 g/mol. The molecule has 0 amide bonds. The van der Waals surface area contributed by atoms with Crippen molar-refractivity contribution in [2.45, 2.75) is 16.4 Å². The third-order valence-corrected chi connectivity index (χ3v) is 4.07. The van der Waals surface area contributed by atoms with E-state index in [4.69, 9.17) is 11.6 Å². The number of hydrogen-bond donors (Lipinski definition) is 0. The molecule has 0 aliphatic carbocycles. The summed E-state index contributed by atoms with van der Waals surface area (Å²) >= 11 is 8.74. The van der Waals surface area contributed by atoms with Gasteiger partial charge in [-0.1, -0.05) is 0 Å². The molecule has 7 nitrogen and oxygen atoms in total. The molecule has 96 valence electrons. The Hall–Kier alpha value is -1.58. The molecule has 0 aliphatic rings. The van der Waals surface area contributed by atoms with E-state index in [0.717, 1.165) is 10.0 Å². The Balaban J connectivity index is 1.94. The fraction of sp³-hybridized carbons (Fsp3) is 0.111. The summed E-state index contributed by atoms with van der Waals surface area (Å²) in [4.78, 5) is 20.5. The maximum atomic E-state index is 5.88. The third-order valence-electron chi connectivity index (χ3n) is 1.98. The molecule has 0 aromatic carbocycles. The smallest absolute Gasteiger partial charge is 0.235 e. The topological polar surface area (TPSA) is 82.3 Å². The molecular formula is C9H6ClN7S2. The van der Waals surface area contributed by atoms with Crippen LogP contribution in [0.5, 0.6) is 0 Å². The predicted octanol–water partition coefficient (Wildman–Crippen LogP) is 2.02. The predicted molar refractivity (Wildman–Crippen MR) is 70.7 cm³/mol. The van der Waals surface area contributed by atoms with Crippen LogP contribution in [0.1, 0.15) is 5.69 Å². The van der Waals surface area contributed by atoms with Gasteiger partial charge in [0.2, 0.25) is 10.4 Å². The maximum Gasteiger partial charge on any atom is 0.257 e. The number of halogens is 1. The van der Waals surface area contributed by atoms with Crippen molar-refractivity contribution in [3.8, 4) is 5.95 Å². The lowest BCUT2D eigenvalue weighted by Gasteiger charge is -2.01. The van der Waals surface area contributed by atoms with Gasteiger partial charge in [-0.3, -0.25) is 0 Å². The molecule has 10 heteroatoms. The van der Waals surface area contributed by atoms with Gasteiger partial charge in [0.05, 0.1) is 0 Å². The van der Waals surface area contributed by atoms with Crippen LogP contribution in [0, 0.1) is 6.92 Å². The Labute approximate surface area is 121 Å². The van der Waals surface area contributed by atoms with Crippen molar-refractivity contribution in [2.75, 3.05) is 0 Å². The molecule has 3 rings (SSSR count). The molecule has 3 aromatic heterocycles. The second kappa shape index (κ2) is 5.19. The van der Waals surface area contributed by atoms with E-state index in [2.05, 4.69) is 30.0 Å². The van der Waals surface area contributed by atoms with Crippen molar-refractivity contribution >= 4 is 34.7 Å². The highest BCUT2D eigenvalue weighted by molar-refractivity contribution is 8.00. The van der Waals surface area contributed by atoms with Gasteiger partial charge in [0, 0.05) is 11.1 Å². The van der Waals surface area contributed by atoms with E-state index in [-0.39, 0.29) is 5.28 Å². The van der Waals surface area contributed by atoms with Crippen molar-refractivity contribution in [1.82, 2.24) is 34.7 Å². The fourth-order valence-electron chi connectivity index (χ4n) is 1.24. The Morgan fingerprint density at radius 3 is 2.84 bits per heavy atom. The van der Waals surface area contributed by atoms with Crippen molar-refractivity contribution in [1.29, 1.82) is 0 Å². The monoisotopic (exact) mass is 311 g/mol. The lowest BCUT2D eigenvalue weighted by Crippen LogP contribution is -2.04. The molecule has 0 aliphatic heterocycles. The molecule has 0 spiro atoms. The van der Waals surface area contributed by atoms with Crippen LogP contribution < -0.4 is 0 Å². The van der Waals surface area contributed by atoms with E-state index in [1.165, 1.54) is 40.4 Å². The number of thiazole rings is 1. The molecule has 0 N–H and O–H groups in total. The van der Waals surface area contributed by atoms with Gasteiger partial charge < -0.3 is 0 Å². The highest BCUT2D eigenvalue weighted by atomic mass is 35.5. The SMILES string of the molecule is Cc1csc(Sc2nc(Cl)nc(-n3cncn3)n2)n1. The van der Waals surface area contributed by atoms with Crippen molar-refractivity contribution in [3.05, 3.63) is 29.0 Å². The van der Waals surface area contributed by atoms with Crippen LogP contribution in [0.3, 0.4) is 0 Å². The first-order chi connectivity index (χ1) is 9.20. The third kappa shape index (κ3) is 2.88. The van der Waals surface area contributed by atoms with E-state index in [9.17, 15) is 0 Å². The van der Waals surface area contributed by atoms with Crippen LogP contribution >= 0.6 is 34.7 Å². The van der Waals surface area contributed by atoms with Crippen LogP contribution in [-0.2, 0) is 0 Å². The molecule has 3 aromatic rings. The molecule has 3 heterocycles. The number of hydrogen-bond acceptors (Lipinski definition) is 8. The Bertz CT molecular complexity index is 696. The minimum Gasteiger partial charge on any atom is -0.235 e. The minimum absolute atomic E-state index is 0.108. The highest BCUT2D eigenvalue weighted by Crippen LogP contribution is 2.28. The van der Waals surface area contributed by atoms with Crippen molar-refractivity contribution < 1.29 is 0 Å². The van der Waals surface area contributed by atoms with E-state index >= 15 is 0 Å². The zero-order valence-electron chi connectivity index (χ0n) is 9.56. The van der Waals surface area contributed by atoms with Gasteiger partial charge in [-0.05, 0) is 30.3 Å². The van der Waals surface area contributed by atoms with Gasteiger partial charge >= 0.3 is 0 Å². The summed E-state index contributed by atoms with van der Waals surface area (Å²) in [5.74, 6) is 0.327. The quantitative estimate of drug-likeness (QED) is 0.731. The zero-order chi connectivity index (χ0) is 13.2. The van der Waals surface area contributed by atoms with Gasteiger partial charge in [0.15, 0.2) is 4.34 Å². The highest BCUT2D eigenvalue weighted by Gasteiger charge is 2.10. The number of rotatable bonds is 3. The molecule has 0 atom stereocenters. The molecule has 0 unspecified atom stereocenters. The summed E-state index contributed by atoms with van der Waals surface area (Å²) in [5, 5.41) is 6.49. The Morgan fingerprint density at radius 1 is 1.26 bits per heavy atom. The second-order valence-corrected chi connectivity index (χ2v) is 5.79. The first kappa shape index (κ1) is 12.5. The van der Waals surface area contributed by atoms with Gasteiger partial charge in [0.1, 0.15) is 12.7 Å². The summed E-state index contributed by atoms with van der Waals surface area (Å²) in [7, 11) is 0. The van der Waals surface area contributed by atoms with Crippen LogP contribution in [0.4, 0.5) is 0 Å². The summed E-state index contributed by atoms with van der Waals surface area (Å²) in [6, 6.07) is 0. The average Bonchev–Trinajstić information content (AvgIpc) is 3.00. The second-order valence-electron chi connectivity index (χ2n) is 3.38. The van der Waals surface area contributed by atoms with E-state index in [0.29, 0.717) is 11.1 Å². The largest absolute Gasteiger partial charge is 0.257 e. The van der Waals surface area contributed by atoms with Crippen LogP contribution in [0.2, 0.25) is 5.28 Å². The fourth-order valence-corrected chi connectivity index (χ4v) is 3.13. The normalized spacial score (nSPS) is 10.8. The lowest BCUT2D eigenvalue weighted by atomic mass is 10.6. The zero-order valence-corrected chi connectivity index (χ0v) is 11.9. The standard InChI is InChI=1S/C9H6ClN7S2/c1-5-2-18-9(13-5)19-8-15-6(10)14-7(16-8)17-4-11-3-12-17/h2-4H,1H3. The minimum atomic E-state index is 0.108. The van der Waals surface area contributed by atoms with E-state index in [1.54, 1.807) is 0 Å².